The molecule has 0 saturated carbocycles. The van der Waals surface area contributed by atoms with Gasteiger partial charge in [0.15, 0.2) is 0 Å². The van der Waals surface area contributed by atoms with Crippen molar-refractivity contribution in [2.75, 3.05) is 13.7 Å². The lowest BCUT2D eigenvalue weighted by Crippen LogP contribution is -2.05. The fourth-order valence-electron chi connectivity index (χ4n) is 1.40. The summed E-state index contributed by atoms with van der Waals surface area (Å²) in [6, 6.07) is 10.0. The van der Waals surface area contributed by atoms with Crippen molar-refractivity contribution < 1.29 is 14.3 Å². The van der Waals surface area contributed by atoms with E-state index in [0.717, 1.165) is 5.56 Å². The summed E-state index contributed by atoms with van der Waals surface area (Å²) in [5, 5.41) is 0. The molecule has 0 aliphatic carbocycles. The van der Waals surface area contributed by atoms with Crippen LogP contribution in [0.25, 0.3) is 0 Å². The molecule has 3 heteroatoms. The Labute approximate surface area is 96.4 Å². The fourth-order valence-corrected chi connectivity index (χ4v) is 1.40. The van der Waals surface area contributed by atoms with E-state index >= 15 is 0 Å². The zero-order valence-electron chi connectivity index (χ0n) is 9.81. The van der Waals surface area contributed by atoms with E-state index in [-0.39, 0.29) is 12.1 Å². The highest BCUT2D eigenvalue weighted by Gasteiger charge is 2.05. The van der Waals surface area contributed by atoms with Crippen LogP contribution in [0.1, 0.15) is 31.4 Å². The largest absolute Gasteiger partial charge is 0.469 e. The van der Waals surface area contributed by atoms with Crippen molar-refractivity contribution in [3.05, 3.63) is 35.9 Å². The Bertz CT molecular complexity index is 308. The van der Waals surface area contributed by atoms with E-state index in [2.05, 4.69) is 4.74 Å². The lowest BCUT2D eigenvalue weighted by molar-refractivity contribution is -0.141. The molecule has 0 aliphatic heterocycles. The van der Waals surface area contributed by atoms with Gasteiger partial charge >= 0.3 is 5.97 Å². The van der Waals surface area contributed by atoms with Gasteiger partial charge in [0.2, 0.25) is 0 Å². The highest BCUT2D eigenvalue weighted by molar-refractivity contribution is 5.68. The first-order valence-electron chi connectivity index (χ1n) is 5.47. The molecule has 1 aromatic rings. The van der Waals surface area contributed by atoms with Crippen LogP contribution in [-0.2, 0) is 14.3 Å². The molecule has 1 rings (SSSR count). The third-order valence-corrected chi connectivity index (χ3v) is 2.39. The minimum atomic E-state index is -0.184. The molecule has 3 nitrogen and oxygen atoms in total. The van der Waals surface area contributed by atoms with Crippen molar-refractivity contribution in [2.45, 2.75) is 25.9 Å². The molecule has 0 bridgehead atoms. The number of hydrogen-bond acceptors (Lipinski definition) is 3. The molecule has 0 aliphatic rings. The molecule has 0 saturated heterocycles. The first kappa shape index (κ1) is 12.7. The van der Waals surface area contributed by atoms with Crippen LogP contribution >= 0.6 is 0 Å². The molecule has 1 aromatic carbocycles. The lowest BCUT2D eigenvalue weighted by atomic mass is 10.1. The number of benzene rings is 1. The van der Waals surface area contributed by atoms with Crippen LogP contribution in [0.15, 0.2) is 30.3 Å². The van der Waals surface area contributed by atoms with Crippen molar-refractivity contribution in [3.8, 4) is 0 Å². The van der Waals surface area contributed by atoms with Gasteiger partial charge in [-0.05, 0) is 18.9 Å². The average molecular weight is 222 g/mol. The highest BCUT2D eigenvalue weighted by atomic mass is 16.5. The zero-order chi connectivity index (χ0) is 11.8. The lowest BCUT2D eigenvalue weighted by Gasteiger charge is -2.12. The van der Waals surface area contributed by atoms with Gasteiger partial charge < -0.3 is 9.47 Å². The summed E-state index contributed by atoms with van der Waals surface area (Å²) in [6.07, 6.45) is 1.18. The van der Waals surface area contributed by atoms with Crippen molar-refractivity contribution >= 4 is 5.97 Å². The molecule has 0 heterocycles. The van der Waals surface area contributed by atoms with E-state index in [1.54, 1.807) is 0 Å². The first-order valence-corrected chi connectivity index (χ1v) is 5.47. The average Bonchev–Trinajstić information content (AvgIpc) is 2.35. The van der Waals surface area contributed by atoms with Crippen LogP contribution in [0, 0.1) is 0 Å². The molecule has 16 heavy (non-hydrogen) atoms. The van der Waals surface area contributed by atoms with Crippen LogP contribution in [0.2, 0.25) is 0 Å². The summed E-state index contributed by atoms with van der Waals surface area (Å²) in [6.45, 7) is 2.58. The summed E-state index contributed by atoms with van der Waals surface area (Å²) in [5.74, 6) is -0.184. The zero-order valence-corrected chi connectivity index (χ0v) is 9.81. The fraction of sp³-hybridized carbons (Fsp3) is 0.462. The molecule has 1 unspecified atom stereocenters. The summed E-state index contributed by atoms with van der Waals surface area (Å²) in [5.41, 5.74) is 1.15. The molecule has 88 valence electrons. The van der Waals surface area contributed by atoms with E-state index in [9.17, 15) is 4.79 Å². The highest BCUT2D eigenvalue weighted by Crippen LogP contribution is 2.16. The third kappa shape index (κ3) is 4.45. The molecular formula is C13H18O3. The predicted molar refractivity (Wildman–Crippen MR) is 62.1 cm³/mol. The molecule has 0 N–H and O–H groups in total. The number of hydrogen-bond donors (Lipinski definition) is 0. The van der Waals surface area contributed by atoms with E-state index in [0.29, 0.717) is 19.4 Å². The maximum absolute atomic E-state index is 10.8. The van der Waals surface area contributed by atoms with Gasteiger partial charge in [0, 0.05) is 13.0 Å². The Balaban J connectivity index is 2.21. The number of esters is 1. The molecule has 0 radical (unpaired) electrons. The van der Waals surface area contributed by atoms with Gasteiger partial charge in [0.1, 0.15) is 0 Å². The van der Waals surface area contributed by atoms with Crippen molar-refractivity contribution in [2.24, 2.45) is 0 Å². The standard InChI is InChI=1S/C13H18O3/c1-11(12-7-4-3-5-8-12)16-10-6-9-13(14)15-2/h3-5,7-8,11H,6,9-10H2,1-2H3. The second kappa shape index (κ2) is 7.01. The van der Waals surface area contributed by atoms with E-state index in [1.807, 2.05) is 37.3 Å². The number of rotatable bonds is 6. The van der Waals surface area contributed by atoms with Gasteiger partial charge in [-0.3, -0.25) is 4.79 Å². The Kier molecular flexibility index (Phi) is 5.57. The smallest absolute Gasteiger partial charge is 0.305 e. The van der Waals surface area contributed by atoms with Gasteiger partial charge in [0.05, 0.1) is 13.2 Å². The number of ether oxygens (including phenoxy) is 2. The quantitative estimate of drug-likeness (QED) is 0.548. The minimum Gasteiger partial charge on any atom is -0.469 e. The summed E-state index contributed by atoms with van der Waals surface area (Å²) in [7, 11) is 1.40. The molecule has 0 aromatic heterocycles. The number of methoxy groups -OCH3 is 1. The summed E-state index contributed by atoms with van der Waals surface area (Å²) >= 11 is 0. The maximum Gasteiger partial charge on any atom is 0.305 e. The van der Waals surface area contributed by atoms with Gasteiger partial charge in [-0.15, -0.1) is 0 Å². The van der Waals surface area contributed by atoms with Crippen LogP contribution < -0.4 is 0 Å². The minimum absolute atomic E-state index is 0.0684. The molecule has 0 fully saturated rings. The molecular weight excluding hydrogens is 204 g/mol. The van der Waals surface area contributed by atoms with Gasteiger partial charge in [-0.25, -0.2) is 0 Å². The maximum atomic E-state index is 10.8. The van der Waals surface area contributed by atoms with E-state index in [1.165, 1.54) is 7.11 Å². The number of carbonyl (C=O) groups is 1. The third-order valence-electron chi connectivity index (χ3n) is 2.39. The van der Waals surface area contributed by atoms with Crippen molar-refractivity contribution in [1.82, 2.24) is 0 Å². The number of carbonyl (C=O) groups excluding carboxylic acids is 1. The Morgan fingerprint density at radius 3 is 2.62 bits per heavy atom. The Hall–Kier alpha value is -1.35. The van der Waals surface area contributed by atoms with Crippen LogP contribution in [0.3, 0.4) is 0 Å². The monoisotopic (exact) mass is 222 g/mol. The summed E-state index contributed by atoms with van der Waals surface area (Å²) < 4.78 is 10.2. The Morgan fingerprint density at radius 1 is 1.31 bits per heavy atom. The van der Waals surface area contributed by atoms with E-state index in [4.69, 9.17) is 4.74 Å². The topological polar surface area (TPSA) is 35.5 Å². The first-order chi connectivity index (χ1) is 7.74. The predicted octanol–water partition coefficient (Wildman–Crippen LogP) is 2.72. The SMILES string of the molecule is COC(=O)CCCOC(C)c1ccccc1. The second-order valence-corrected chi connectivity index (χ2v) is 3.60. The molecule has 0 spiro atoms. The molecule has 1 atom stereocenters. The van der Waals surface area contributed by atoms with Crippen LogP contribution in [-0.4, -0.2) is 19.7 Å². The second-order valence-electron chi connectivity index (χ2n) is 3.60. The normalized spacial score (nSPS) is 12.1. The van der Waals surface area contributed by atoms with Gasteiger partial charge in [-0.2, -0.15) is 0 Å². The molecule has 0 amide bonds. The van der Waals surface area contributed by atoms with Gasteiger partial charge in [-0.1, -0.05) is 30.3 Å². The van der Waals surface area contributed by atoms with Crippen LogP contribution in [0.5, 0.6) is 0 Å². The van der Waals surface area contributed by atoms with Gasteiger partial charge in [0.25, 0.3) is 0 Å². The van der Waals surface area contributed by atoms with Crippen molar-refractivity contribution in [3.63, 3.8) is 0 Å². The Morgan fingerprint density at radius 2 is 2.00 bits per heavy atom. The summed E-state index contributed by atoms with van der Waals surface area (Å²) in [4.78, 5) is 10.8. The van der Waals surface area contributed by atoms with E-state index < -0.39 is 0 Å². The van der Waals surface area contributed by atoms with Crippen LogP contribution in [0.4, 0.5) is 0 Å². The van der Waals surface area contributed by atoms with Crippen molar-refractivity contribution in [1.29, 1.82) is 0 Å².